The Kier molecular flexibility index (Phi) is 2.82. The van der Waals surface area contributed by atoms with E-state index < -0.39 is 20.9 Å². The summed E-state index contributed by atoms with van der Waals surface area (Å²) < 4.78 is 24.8. The minimum atomic E-state index is -3.60. The van der Waals surface area contributed by atoms with Crippen LogP contribution in [0.4, 0.5) is 0 Å². The molecule has 0 radical (unpaired) electrons. The second kappa shape index (κ2) is 3.47. The van der Waals surface area contributed by atoms with Gasteiger partial charge in [0.05, 0.1) is 6.04 Å². The van der Waals surface area contributed by atoms with Crippen LogP contribution in [0.15, 0.2) is 24.3 Å². The van der Waals surface area contributed by atoms with E-state index in [1.807, 2.05) is 0 Å². The summed E-state index contributed by atoms with van der Waals surface area (Å²) in [5, 5.41) is 0. The van der Waals surface area contributed by atoms with E-state index in [-0.39, 0.29) is 0 Å². The Bertz CT molecular complexity index is 372. The summed E-state index contributed by atoms with van der Waals surface area (Å²) in [4.78, 5) is -1.54. The number of nitrogens with zero attached hydrogens (tertiary/aromatic N) is 1. The maximum atomic E-state index is 11.9. The predicted molar refractivity (Wildman–Crippen MR) is 55.8 cm³/mol. The number of hydrogen-bond donors (Lipinski definition) is 2. The fourth-order valence-corrected chi connectivity index (χ4v) is 2.53. The van der Waals surface area contributed by atoms with E-state index in [9.17, 15) is 8.42 Å². The largest absolute Gasteiger partial charge is 0.322 e. The van der Waals surface area contributed by atoms with Crippen LogP contribution in [0.5, 0.6) is 0 Å². The summed E-state index contributed by atoms with van der Waals surface area (Å²) in [5.74, 6) is 0. The molecule has 1 aliphatic carbocycles. The van der Waals surface area contributed by atoms with E-state index >= 15 is 0 Å². The maximum absolute atomic E-state index is 11.9. The highest BCUT2D eigenvalue weighted by Crippen LogP contribution is 2.22. The molecule has 6 heteroatoms. The molecule has 2 atom stereocenters. The van der Waals surface area contributed by atoms with Crippen molar-refractivity contribution in [2.75, 3.05) is 14.1 Å². The molecule has 0 bridgehead atoms. The molecule has 0 amide bonds. The molecule has 0 saturated carbocycles. The first-order chi connectivity index (χ1) is 6.32. The third-order valence-corrected chi connectivity index (χ3v) is 4.50. The molecule has 0 fully saturated rings. The van der Waals surface area contributed by atoms with Gasteiger partial charge in [-0.15, -0.1) is 0 Å². The molecule has 1 aliphatic rings. The normalized spacial score (nSPS) is 32.5. The van der Waals surface area contributed by atoms with Crippen LogP contribution in [-0.2, 0) is 10.0 Å². The fourth-order valence-electron chi connectivity index (χ4n) is 1.23. The quantitative estimate of drug-likeness (QED) is 0.620. The topological polar surface area (TPSA) is 89.4 Å². The lowest BCUT2D eigenvalue weighted by Crippen LogP contribution is -2.62. The first-order valence-corrected chi connectivity index (χ1v) is 5.59. The van der Waals surface area contributed by atoms with Gasteiger partial charge in [0.2, 0.25) is 10.0 Å². The molecule has 0 heterocycles. The molecule has 2 unspecified atom stereocenters. The van der Waals surface area contributed by atoms with Crippen LogP contribution < -0.4 is 11.5 Å². The molecule has 0 saturated heterocycles. The number of nitrogens with two attached hydrogens (primary N) is 2. The summed E-state index contributed by atoms with van der Waals surface area (Å²) in [6.07, 6.45) is 6.25. The summed E-state index contributed by atoms with van der Waals surface area (Å²) in [6.45, 7) is 0. The molecule has 0 aromatic carbocycles. The van der Waals surface area contributed by atoms with E-state index in [1.54, 1.807) is 18.2 Å². The van der Waals surface area contributed by atoms with Gasteiger partial charge in [0.1, 0.15) is 0 Å². The van der Waals surface area contributed by atoms with Crippen molar-refractivity contribution in [2.24, 2.45) is 11.5 Å². The lowest BCUT2D eigenvalue weighted by molar-refractivity contribution is 0.469. The zero-order valence-electron chi connectivity index (χ0n) is 8.21. The van der Waals surface area contributed by atoms with Crippen LogP contribution in [0.1, 0.15) is 0 Å². The van der Waals surface area contributed by atoms with Crippen LogP contribution in [0.3, 0.4) is 0 Å². The van der Waals surface area contributed by atoms with Crippen molar-refractivity contribution < 1.29 is 8.42 Å². The highest BCUT2D eigenvalue weighted by Gasteiger charge is 2.44. The Morgan fingerprint density at radius 2 is 1.93 bits per heavy atom. The lowest BCUT2D eigenvalue weighted by Gasteiger charge is -2.33. The van der Waals surface area contributed by atoms with Gasteiger partial charge in [0.15, 0.2) is 4.87 Å². The second-order valence-corrected chi connectivity index (χ2v) is 5.80. The van der Waals surface area contributed by atoms with Gasteiger partial charge < -0.3 is 11.5 Å². The van der Waals surface area contributed by atoms with E-state index in [4.69, 9.17) is 11.5 Å². The van der Waals surface area contributed by atoms with E-state index in [1.165, 1.54) is 20.2 Å². The molecule has 0 aromatic rings. The van der Waals surface area contributed by atoms with E-state index in [0.717, 1.165) is 4.31 Å². The molecule has 14 heavy (non-hydrogen) atoms. The third-order valence-electron chi connectivity index (χ3n) is 2.23. The molecule has 80 valence electrons. The zero-order valence-corrected chi connectivity index (χ0v) is 9.03. The summed E-state index contributed by atoms with van der Waals surface area (Å²) in [5.41, 5.74) is 11.5. The summed E-state index contributed by atoms with van der Waals surface area (Å²) in [6, 6.07) is -0.722. The smallest absolute Gasteiger partial charge is 0.238 e. The van der Waals surface area contributed by atoms with Crippen molar-refractivity contribution in [3.8, 4) is 0 Å². The minimum Gasteiger partial charge on any atom is -0.322 e. The van der Waals surface area contributed by atoms with Gasteiger partial charge in [-0.2, -0.15) is 0 Å². The summed E-state index contributed by atoms with van der Waals surface area (Å²) >= 11 is 0. The van der Waals surface area contributed by atoms with Crippen molar-refractivity contribution >= 4 is 10.0 Å². The van der Waals surface area contributed by atoms with Crippen molar-refractivity contribution in [2.45, 2.75) is 10.9 Å². The standard InChI is InChI=1S/C8H15N3O2S/c1-11(2)14(12,13)8(10)6-4-3-5-7(8)9/h3-7H,9-10H2,1-2H3. The van der Waals surface area contributed by atoms with Crippen molar-refractivity contribution in [3.05, 3.63) is 24.3 Å². The molecule has 0 spiro atoms. The third kappa shape index (κ3) is 1.50. The van der Waals surface area contributed by atoms with Gasteiger partial charge in [-0.25, -0.2) is 12.7 Å². The Morgan fingerprint density at radius 3 is 2.36 bits per heavy atom. The van der Waals surface area contributed by atoms with Gasteiger partial charge in [-0.3, -0.25) is 0 Å². The number of sulfonamides is 1. The first-order valence-electron chi connectivity index (χ1n) is 4.15. The van der Waals surface area contributed by atoms with E-state index in [0.29, 0.717) is 0 Å². The molecular formula is C8H15N3O2S. The predicted octanol–water partition coefficient (Wildman–Crippen LogP) is -1.01. The van der Waals surface area contributed by atoms with Crippen LogP contribution in [0, 0.1) is 0 Å². The average Bonchev–Trinajstić information content (AvgIpc) is 2.09. The number of allylic oxidation sites excluding steroid dienone is 2. The Morgan fingerprint density at radius 1 is 1.36 bits per heavy atom. The first kappa shape index (κ1) is 11.4. The highest BCUT2D eigenvalue weighted by atomic mass is 32.2. The molecule has 4 N–H and O–H groups in total. The average molecular weight is 217 g/mol. The molecule has 0 aliphatic heterocycles. The van der Waals surface area contributed by atoms with Crippen LogP contribution in [0.25, 0.3) is 0 Å². The highest BCUT2D eigenvalue weighted by molar-refractivity contribution is 7.90. The Hall–Kier alpha value is -0.690. The van der Waals surface area contributed by atoms with Crippen LogP contribution in [-0.4, -0.2) is 37.7 Å². The summed E-state index contributed by atoms with van der Waals surface area (Å²) in [7, 11) is -0.734. The molecular weight excluding hydrogens is 202 g/mol. The lowest BCUT2D eigenvalue weighted by atomic mass is 10.0. The fraction of sp³-hybridized carbons (Fsp3) is 0.500. The van der Waals surface area contributed by atoms with Gasteiger partial charge in [0.25, 0.3) is 0 Å². The van der Waals surface area contributed by atoms with Crippen molar-refractivity contribution in [3.63, 3.8) is 0 Å². The van der Waals surface area contributed by atoms with Gasteiger partial charge in [0, 0.05) is 14.1 Å². The maximum Gasteiger partial charge on any atom is 0.238 e. The number of rotatable bonds is 2. The van der Waals surface area contributed by atoms with Crippen LogP contribution in [0.2, 0.25) is 0 Å². The zero-order chi connectivity index (χ0) is 11.0. The van der Waals surface area contributed by atoms with Crippen molar-refractivity contribution in [1.82, 2.24) is 4.31 Å². The SMILES string of the molecule is CN(C)S(=O)(=O)C1(N)C=CC=CC1N. The van der Waals surface area contributed by atoms with Crippen molar-refractivity contribution in [1.29, 1.82) is 0 Å². The Balaban J connectivity index is 3.20. The number of hydrogen-bond acceptors (Lipinski definition) is 4. The second-order valence-electron chi connectivity index (χ2n) is 3.41. The van der Waals surface area contributed by atoms with E-state index in [2.05, 4.69) is 0 Å². The minimum absolute atomic E-state index is 0.722. The Labute approximate surface area is 84.1 Å². The van der Waals surface area contributed by atoms with Gasteiger partial charge in [-0.05, 0) is 6.08 Å². The monoisotopic (exact) mass is 217 g/mol. The van der Waals surface area contributed by atoms with Gasteiger partial charge in [-0.1, -0.05) is 18.2 Å². The van der Waals surface area contributed by atoms with Gasteiger partial charge >= 0.3 is 0 Å². The molecule has 0 aromatic heterocycles. The molecule has 5 nitrogen and oxygen atoms in total. The van der Waals surface area contributed by atoms with Crippen LogP contribution >= 0.6 is 0 Å². The molecule has 1 rings (SSSR count).